The predicted molar refractivity (Wildman–Crippen MR) is 51.4 cm³/mol. The highest BCUT2D eigenvalue weighted by Gasteiger charge is 2.40. The van der Waals surface area contributed by atoms with Crippen molar-refractivity contribution in [3.8, 4) is 0 Å². The molecular weight excluding hydrogens is 180 g/mol. The second kappa shape index (κ2) is 2.81. The van der Waals surface area contributed by atoms with Crippen molar-refractivity contribution in [3.63, 3.8) is 0 Å². The lowest BCUT2D eigenvalue weighted by molar-refractivity contribution is -0.120. The van der Waals surface area contributed by atoms with Crippen LogP contribution in [0.1, 0.15) is 25.1 Å². The van der Waals surface area contributed by atoms with E-state index in [2.05, 4.69) is 20.8 Å². The van der Waals surface area contributed by atoms with E-state index in [0.717, 1.165) is 11.3 Å². The fraction of sp³-hybridized carbons (Fsp3) is 0.556. The molecule has 1 saturated heterocycles. The van der Waals surface area contributed by atoms with Gasteiger partial charge in [-0.3, -0.25) is 15.2 Å². The highest BCUT2D eigenvalue weighted by atomic mass is 16.2. The Kier molecular flexibility index (Phi) is 1.85. The number of aromatic nitrogens is 2. The largest absolute Gasteiger partial charge is 0.333 e. The Morgan fingerprint density at radius 2 is 2.29 bits per heavy atom. The lowest BCUT2D eigenvalue weighted by atomic mass is 10.0. The first-order valence-corrected chi connectivity index (χ1v) is 4.63. The molecule has 1 amide bonds. The first kappa shape index (κ1) is 9.21. The molecular formula is C9H14N4O. The van der Waals surface area contributed by atoms with Crippen molar-refractivity contribution in [2.45, 2.75) is 32.5 Å². The van der Waals surface area contributed by atoms with Crippen LogP contribution in [0.5, 0.6) is 0 Å². The summed E-state index contributed by atoms with van der Waals surface area (Å²) in [7, 11) is 0. The lowest BCUT2D eigenvalue weighted by Crippen LogP contribution is -2.44. The van der Waals surface area contributed by atoms with Gasteiger partial charge in [0.15, 0.2) is 0 Å². The molecule has 1 aromatic rings. The van der Waals surface area contributed by atoms with Gasteiger partial charge >= 0.3 is 0 Å². The van der Waals surface area contributed by atoms with Crippen LogP contribution in [0.25, 0.3) is 0 Å². The average Bonchev–Trinajstić information content (AvgIpc) is 2.59. The molecule has 0 spiro atoms. The van der Waals surface area contributed by atoms with Crippen molar-refractivity contribution in [2.75, 3.05) is 0 Å². The van der Waals surface area contributed by atoms with E-state index < -0.39 is 5.66 Å². The number of amides is 1. The molecule has 14 heavy (non-hydrogen) atoms. The average molecular weight is 194 g/mol. The highest BCUT2D eigenvalue weighted by molar-refractivity contribution is 5.84. The first-order valence-electron chi connectivity index (χ1n) is 4.63. The summed E-state index contributed by atoms with van der Waals surface area (Å²) in [6, 6.07) is -0.158. The van der Waals surface area contributed by atoms with Gasteiger partial charge in [-0.2, -0.15) is 5.10 Å². The Hall–Kier alpha value is -1.36. The number of hydrogen-bond donors (Lipinski definition) is 3. The number of aryl methyl sites for hydroxylation is 1. The Balaban J connectivity index is 2.35. The molecule has 0 aliphatic carbocycles. The molecule has 0 saturated carbocycles. The van der Waals surface area contributed by atoms with Crippen molar-refractivity contribution < 1.29 is 4.79 Å². The Bertz CT molecular complexity index is 373. The molecule has 1 fully saturated rings. The first-order chi connectivity index (χ1) is 6.53. The van der Waals surface area contributed by atoms with Gasteiger partial charge in [0.2, 0.25) is 5.91 Å². The van der Waals surface area contributed by atoms with Crippen LogP contribution in [-0.4, -0.2) is 22.1 Å². The number of rotatable bonds is 1. The predicted octanol–water partition coefficient (Wildman–Crippen LogP) is -0.00128. The van der Waals surface area contributed by atoms with Crippen molar-refractivity contribution >= 4 is 5.91 Å². The van der Waals surface area contributed by atoms with Crippen LogP contribution in [0.2, 0.25) is 0 Å². The van der Waals surface area contributed by atoms with Crippen LogP contribution >= 0.6 is 0 Å². The molecule has 1 aliphatic rings. The zero-order valence-corrected chi connectivity index (χ0v) is 8.51. The number of nitrogens with one attached hydrogen (secondary N) is 3. The van der Waals surface area contributed by atoms with Crippen LogP contribution in [0.4, 0.5) is 0 Å². The number of nitrogens with zero attached hydrogens (tertiary/aromatic N) is 1. The molecule has 5 heteroatoms. The smallest absolute Gasteiger partial charge is 0.238 e. The summed E-state index contributed by atoms with van der Waals surface area (Å²) in [6.45, 7) is 5.71. The van der Waals surface area contributed by atoms with E-state index >= 15 is 0 Å². The topological polar surface area (TPSA) is 69.8 Å². The number of hydrogen-bond acceptors (Lipinski definition) is 3. The molecule has 0 bridgehead atoms. The fourth-order valence-corrected chi connectivity index (χ4v) is 1.89. The molecule has 0 aromatic carbocycles. The van der Waals surface area contributed by atoms with Gasteiger partial charge in [0, 0.05) is 11.3 Å². The van der Waals surface area contributed by atoms with Crippen LogP contribution in [0.3, 0.4) is 0 Å². The number of carbonyl (C=O) groups is 1. The van der Waals surface area contributed by atoms with Gasteiger partial charge in [-0.15, -0.1) is 0 Å². The van der Waals surface area contributed by atoms with E-state index in [1.54, 1.807) is 6.20 Å². The molecule has 2 heterocycles. The summed E-state index contributed by atoms with van der Waals surface area (Å²) in [5.74, 6) is 0.0214. The normalized spacial score (nSPS) is 31.9. The van der Waals surface area contributed by atoms with Crippen LogP contribution in [0.15, 0.2) is 6.20 Å². The van der Waals surface area contributed by atoms with Crippen LogP contribution < -0.4 is 10.6 Å². The second-order valence-corrected chi connectivity index (χ2v) is 3.89. The van der Waals surface area contributed by atoms with E-state index in [0.29, 0.717) is 0 Å². The summed E-state index contributed by atoms with van der Waals surface area (Å²) < 4.78 is 0. The second-order valence-electron chi connectivity index (χ2n) is 3.89. The SMILES string of the molecule is Cc1[nH]ncc1C1(C)NC(=O)C(C)N1. The highest BCUT2D eigenvalue weighted by Crippen LogP contribution is 2.23. The third kappa shape index (κ3) is 1.21. The third-order valence-electron chi connectivity index (χ3n) is 2.64. The molecule has 2 atom stereocenters. The molecule has 3 N–H and O–H groups in total. The number of aromatic amines is 1. The summed E-state index contributed by atoms with van der Waals surface area (Å²) >= 11 is 0. The summed E-state index contributed by atoms with van der Waals surface area (Å²) in [4.78, 5) is 11.4. The van der Waals surface area contributed by atoms with Crippen molar-refractivity contribution in [1.29, 1.82) is 0 Å². The van der Waals surface area contributed by atoms with Crippen LogP contribution in [-0.2, 0) is 10.5 Å². The minimum absolute atomic E-state index is 0.0214. The molecule has 2 rings (SSSR count). The van der Waals surface area contributed by atoms with Gasteiger partial charge in [0.1, 0.15) is 5.66 Å². The lowest BCUT2D eigenvalue weighted by Gasteiger charge is -2.24. The Labute approximate surface area is 82.3 Å². The molecule has 2 unspecified atom stereocenters. The zero-order valence-electron chi connectivity index (χ0n) is 8.51. The van der Waals surface area contributed by atoms with E-state index in [1.807, 2.05) is 20.8 Å². The molecule has 5 nitrogen and oxygen atoms in total. The maximum absolute atomic E-state index is 11.4. The van der Waals surface area contributed by atoms with Gasteiger partial charge in [-0.25, -0.2) is 0 Å². The minimum Gasteiger partial charge on any atom is -0.333 e. The summed E-state index contributed by atoms with van der Waals surface area (Å²) in [5, 5.41) is 12.9. The van der Waals surface area contributed by atoms with E-state index in [-0.39, 0.29) is 11.9 Å². The molecule has 1 aliphatic heterocycles. The quantitative estimate of drug-likeness (QED) is 0.589. The van der Waals surface area contributed by atoms with Gasteiger partial charge in [-0.05, 0) is 20.8 Å². The number of H-pyrrole nitrogens is 1. The Morgan fingerprint density at radius 3 is 2.71 bits per heavy atom. The van der Waals surface area contributed by atoms with Gasteiger partial charge in [0.05, 0.1) is 12.2 Å². The van der Waals surface area contributed by atoms with Gasteiger partial charge in [0.25, 0.3) is 0 Å². The van der Waals surface area contributed by atoms with E-state index in [1.165, 1.54) is 0 Å². The monoisotopic (exact) mass is 194 g/mol. The molecule has 76 valence electrons. The zero-order chi connectivity index (χ0) is 10.3. The van der Waals surface area contributed by atoms with Gasteiger partial charge in [-0.1, -0.05) is 0 Å². The maximum atomic E-state index is 11.4. The van der Waals surface area contributed by atoms with Crippen molar-refractivity contribution in [3.05, 3.63) is 17.5 Å². The summed E-state index contributed by atoms with van der Waals surface area (Å²) in [5.41, 5.74) is 1.46. The molecule has 0 radical (unpaired) electrons. The van der Waals surface area contributed by atoms with Gasteiger partial charge < -0.3 is 5.32 Å². The molecule has 1 aromatic heterocycles. The van der Waals surface area contributed by atoms with Crippen molar-refractivity contribution in [1.82, 2.24) is 20.8 Å². The maximum Gasteiger partial charge on any atom is 0.238 e. The summed E-state index contributed by atoms with van der Waals surface area (Å²) in [6.07, 6.45) is 1.74. The number of carbonyl (C=O) groups excluding carboxylic acids is 1. The third-order valence-corrected chi connectivity index (χ3v) is 2.64. The van der Waals surface area contributed by atoms with E-state index in [9.17, 15) is 4.79 Å². The standard InChI is InChI=1S/C9H14N4O/c1-5-7(4-10-13-5)9(3)11-6(2)8(14)12-9/h4,6,11H,1-3H3,(H,10,13)(H,12,14). The Morgan fingerprint density at radius 1 is 1.57 bits per heavy atom. The van der Waals surface area contributed by atoms with E-state index in [4.69, 9.17) is 0 Å². The van der Waals surface area contributed by atoms with Crippen molar-refractivity contribution in [2.24, 2.45) is 0 Å². The fourth-order valence-electron chi connectivity index (χ4n) is 1.89. The van der Waals surface area contributed by atoms with Crippen LogP contribution in [0, 0.1) is 6.92 Å². The minimum atomic E-state index is -0.492.